The number of amides is 2. The minimum absolute atomic E-state index is 0.104. The van der Waals surface area contributed by atoms with Crippen molar-refractivity contribution in [3.63, 3.8) is 0 Å². The van der Waals surface area contributed by atoms with Crippen LogP contribution >= 0.6 is 0 Å². The fourth-order valence-electron chi connectivity index (χ4n) is 9.10. The van der Waals surface area contributed by atoms with Crippen molar-refractivity contribution in [2.45, 2.75) is 91.1 Å². The smallest absolute Gasteiger partial charge is 0.326 e. The molecular weight excluding hydrogens is 454 g/mol. The van der Waals surface area contributed by atoms with Crippen molar-refractivity contribution >= 4 is 17.8 Å². The fourth-order valence-corrected chi connectivity index (χ4v) is 9.10. The number of ether oxygens (including phenoxy) is 1. The minimum atomic E-state index is -0.465. The highest BCUT2D eigenvalue weighted by Gasteiger charge is 2.61. The number of nitrogens with zero attached hydrogens (tertiary/aromatic N) is 1. The third kappa shape index (κ3) is 5.19. The molecule has 4 aliphatic rings. The average molecular weight is 504 g/mol. The zero-order valence-electron chi connectivity index (χ0n) is 23.5. The van der Waals surface area contributed by atoms with Gasteiger partial charge in [0.05, 0.1) is 0 Å². The number of nitrogens with one attached hydrogen (secondary N) is 2. The van der Waals surface area contributed by atoms with Crippen molar-refractivity contribution in [2.24, 2.45) is 40.4 Å². The molecule has 0 aliphatic heterocycles. The molecule has 204 valence electrons. The molecule has 7 heteroatoms. The molecule has 7 nitrogen and oxygen atoms in total. The molecule has 0 saturated heterocycles. The van der Waals surface area contributed by atoms with Crippen molar-refractivity contribution in [1.29, 1.82) is 0 Å². The Bertz CT molecular complexity index is 861. The lowest BCUT2D eigenvalue weighted by Crippen LogP contribution is -2.56. The summed E-state index contributed by atoms with van der Waals surface area (Å²) in [6.45, 7) is 9.98. The van der Waals surface area contributed by atoms with Gasteiger partial charge in [-0.3, -0.25) is 9.59 Å². The lowest BCUT2D eigenvalue weighted by Gasteiger charge is -2.62. The number of Topliss-reactive ketones (excluding diaryl/α,β-unsaturated/α-hetero) is 1. The molecule has 0 spiro atoms. The van der Waals surface area contributed by atoms with Crippen LogP contribution in [0.2, 0.25) is 0 Å². The Morgan fingerprint density at radius 1 is 0.889 bits per heavy atom. The molecule has 0 aromatic heterocycles. The number of esters is 1. The first kappa shape index (κ1) is 27.4. The second-order valence-electron chi connectivity index (χ2n) is 13.5. The van der Waals surface area contributed by atoms with Crippen molar-refractivity contribution < 1.29 is 19.1 Å². The molecule has 4 saturated carbocycles. The average Bonchev–Trinajstić information content (AvgIpc) is 3.15. The van der Waals surface area contributed by atoms with E-state index >= 15 is 0 Å². The minimum Gasteiger partial charge on any atom is -0.458 e. The quantitative estimate of drug-likeness (QED) is 0.503. The van der Waals surface area contributed by atoms with Crippen molar-refractivity contribution in [3.05, 3.63) is 0 Å². The van der Waals surface area contributed by atoms with Crippen LogP contribution < -0.4 is 10.6 Å². The van der Waals surface area contributed by atoms with Crippen LogP contribution in [0.4, 0.5) is 4.79 Å². The molecule has 4 aliphatic carbocycles. The summed E-state index contributed by atoms with van der Waals surface area (Å²) in [5.41, 5.74) is 0.0170. The van der Waals surface area contributed by atoms with Crippen LogP contribution in [0.5, 0.6) is 0 Å². The summed E-state index contributed by atoms with van der Waals surface area (Å²) in [5, 5.41) is 5.39. The molecule has 0 bridgehead atoms. The molecule has 8 atom stereocenters. The van der Waals surface area contributed by atoms with E-state index in [-0.39, 0.29) is 35.3 Å². The van der Waals surface area contributed by atoms with Crippen LogP contribution in [0.3, 0.4) is 0 Å². The second-order valence-corrected chi connectivity index (χ2v) is 13.5. The van der Waals surface area contributed by atoms with Gasteiger partial charge in [-0.15, -0.1) is 0 Å². The van der Waals surface area contributed by atoms with E-state index in [0.717, 1.165) is 38.1 Å². The highest BCUT2D eigenvalue weighted by atomic mass is 16.6. The molecule has 4 rings (SSSR count). The van der Waals surface area contributed by atoms with E-state index in [9.17, 15) is 14.4 Å². The topological polar surface area (TPSA) is 87.7 Å². The number of likely N-dealkylation sites (N-methyl/N-ethyl adjacent to an activating group) is 1. The second kappa shape index (κ2) is 10.3. The van der Waals surface area contributed by atoms with Gasteiger partial charge in [-0.25, -0.2) is 4.79 Å². The number of ketones is 1. The van der Waals surface area contributed by atoms with Crippen LogP contribution in [0.15, 0.2) is 0 Å². The molecule has 0 radical (unpaired) electrons. The standard InChI is InChI=1S/C29H49N3O4/c1-19(33)22-9-10-23-21-8-7-20-17-27(2,13-14-28(20,3)24(21)11-12-29(22,23)4)36-25(34)18-31-26(35)30-15-16-32(5)6/h20-24H,7-18H2,1-6H3,(H2,30,31,35)/t20-,21-,22+,23-,24-,27+,28-,29+/m0/s1. The lowest BCUT2D eigenvalue weighted by molar-refractivity contribution is -0.180. The zero-order valence-corrected chi connectivity index (χ0v) is 23.5. The predicted octanol–water partition coefficient (Wildman–Crippen LogP) is 4.40. The summed E-state index contributed by atoms with van der Waals surface area (Å²) < 4.78 is 6.00. The molecule has 0 aromatic carbocycles. The number of rotatable bonds is 7. The first-order valence-electron chi connectivity index (χ1n) is 14.3. The Morgan fingerprint density at radius 2 is 1.61 bits per heavy atom. The Balaban J connectivity index is 1.33. The van der Waals surface area contributed by atoms with Gasteiger partial charge >= 0.3 is 12.0 Å². The Labute approximate surface area is 217 Å². The summed E-state index contributed by atoms with van der Waals surface area (Å²) >= 11 is 0. The van der Waals surface area contributed by atoms with E-state index in [1.807, 2.05) is 19.0 Å². The Morgan fingerprint density at radius 3 is 2.31 bits per heavy atom. The van der Waals surface area contributed by atoms with Crippen LogP contribution in [0, 0.1) is 40.4 Å². The third-order valence-electron chi connectivity index (χ3n) is 11.0. The van der Waals surface area contributed by atoms with E-state index in [1.165, 1.54) is 32.1 Å². The lowest BCUT2D eigenvalue weighted by atomic mass is 9.44. The van der Waals surface area contributed by atoms with Gasteiger partial charge in [0.2, 0.25) is 0 Å². The van der Waals surface area contributed by atoms with Gasteiger partial charge in [-0.1, -0.05) is 13.8 Å². The summed E-state index contributed by atoms with van der Waals surface area (Å²) in [6.07, 6.45) is 10.0. The van der Waals surface area contributed by atoms with Gasteiger partial charge in [-0.2, -0.15) is 0 Å². The van der Waals surface area contributed by atoms with Gasteiger partial charge in [-0.05, 0) is 120 Å². The first-order valence-corrected chi connectivity index (χ1v) is 14.3. The van der Waals surface area contributed by atoms with E-state index in [1.54, 1.807) is 6.92 Å². The van der Waals surface area contributed by atoms with Gasteiger partial charge < -0.3 is 20.3 Å². The molecule has 36 heavy (non-hydrogen) atoms. The fraction of sp³-hybridized carbons (Fsp3) is 0.897. The summed E-state index contributed by atoms with van der Waals surface area (Å²) in [6, 6.07) is -0.336. The van der Waals surface area contributed by atoms with Crippen LogP contribution in [0.1, 0.15) is 85.5 Å². The van der Waals surface area contributed by atoms with E-state index in [2.05, 4.69) is 31.4 Å². The monoisotopic (exact) mass is 503 g/mol. The number of urea groups is 1. The molecule has 4 fully saturated rings. The molecule has 2 N–H and O–H groups in total. The zero-order chi connectivity index (χ0) is 26.3. The van der Waals surface area contributed by atoms with Gasteiger partial charge in [0.15, 0.2) is 0 Å². The van der Waals surface area contributed by atoms with E-state index in [0.29, 0.717) is 30.1 Å². The molecule has 0 unspecified atom stereocenters. The largest absolute Gasteiger partial charge is 0.458 e. The maximum atomic E-state index is 12.6. The number of carbonyl (C=O) groups excluding carboxylic acids is 3. The van der Waals surface area contributed by atoms with Crippen LogP contribution in [-0.2, 0) is 14.3 Å². The molecule has 2 amide bonds. The molecule has 0 heterocycles. The first-order chi connectivity index (χ1) is 16.9. The Kier molecular flexibility index (Phi) is 7.81. The molecule has 0 aromatic rings. The molecular formula is C29H49N3O4. The maximum absolute atomic E-state index is 12.6. The van der Waals surface area contributed by atoms with E-state index in [4.69, 9.17) is 4.74 Å². The van der Waals surface area contributed by atoms with Crippen molar-refractivity contribution in [1.82, 2.24) is 15.5 Å². The van der Waals surface area contributed by atoms with Crippen molar-refractivity contribution in [2.75, 3.05) is 33.7 Å². The highest BCUT2D eigenvalue weighted by molar-refractivity contribution is 5.81. The summed E-state index contributed by atoms with van der Waals surface area (Å²) in [4.78, 5) is 39.0. The van der Waals surface area contributed by atoms with Gasteiger partial charge in [0.1, 0.15) is 17.9 Å². The summed E-state index contributed by atoms with van der Waals surface area (Å²) in [7, 11) is 3.90. The summed E-state index contributed by atoms with van der Waals surface area (Å²) in [5.74, 6) is 2.99. The van der Waals surface area contributed by atoms with Crippen LogP contribution in [-0.4, -0.2) is 62.0 Å². The highest BCUT2D eigenvalue weighted by Crippen LogP contribution is 2.68. The van der Waals surface area contributed by atoms with Crippen molar-refractivity contribution in [3.8, 4) is 0 Å². The normalized spacial score (nSPS) is 41.6. The SMILES string of the molecule is CC(=O)[C@H]1CC[C@H]2[C@@H]3CC[C@H]4C[C@](C)(OC(=O)CNC(=O)NCCN(C)C)CC[C@]4(C)[C@H]3CC[C@]12C. The number of fused-ring (bicyclic) bond motifs is 5. The van der Waals surface area contributed by atoms with Gasteiger partial charge in [0, 0.05) is 19.0 Å². The number of hydrogen-bond acceptors (Lipinski definition) is 5. The number of hydrogen-bond donors (Lipinski definition) is 2. The maximum Gasteiger partial charge on any atom is 0.326 e. The predicted molar refractivity (Wildman–Crippen MR) is 140 cm³/mol. The van der Waals surface area contributed by atoms with E-state index < -0.39 is 5.60 Å². The third-order valence-corrected chi connectivity index (χ3v) is 11.0. The number of carbonyl (C=O) groups is 3. The van der Waals surface area contributed by atoms with Crippen LogP contribution in [0.25, 0.3) is 0 Å². The Hall–Kier alpha value is -1.63. The van der Waals surface area contributed by atoms with Gasteiger partial charge in [0.25, 0.3) is 0 Å².